The molecule has 3 heteroatoms. The Labute approximate surface area is 269 Å². The lowest BCUT2D eigenvalue weighted by atomic mass is 9.55. The Balaban J connectivity index is 1.36. The van der Waals surface area contributed by atoms with Crippen molar-refractivity contribution in [1.29, 1.82) is 0 Å². The largest absolute Gasteiger partial charge is 0.208 e. The zero-order valence-electron chi connectivity index (χ0n) is 25.8. The van der Waals surface area contributed by atoms with Crippen molar-refractivity contribution in [3.05, 3.63) is 185 Å². The maximum atomic E-state index is 5.11. The Kier molecular flexibility index (Phi) is 5.76. The van der Waals surface area contributed by atoms with Crippen LogP contribution in [0.5, 0.6) is 0 Å². The summed E-state index contributed by atoms with van der Waals surface area (Å²) in [6.07, 6.45) is 0. The second kappa shape index (κ2) is 9.92. The molecule has 0 bridgehead atoms. The number of rotatable bonds is 3. The maximum Gasteiger partial charge on any atom is 0.164 e. The van der Waals surface area contributed by atoms with Gasteiger partial charge in [-0.2, -0.15) is 0 Å². The fourth-order valence-corrected chi connectivity index (χ4v) is 7.94. The van der Waals surface area contributed by atoms with Gasteiger partial charge in [-0.25, -0.2) is 15.0 Å². The standard InChI is InChI=1S/C43H31N3/c1-42(2)35-23-13-14-24-37(35)43(33-21-11-9-19-31(33)32-20-10-12-22-34(32)43)38-27-30(25-26-36(38)42)41-45-39(28-15-5-3-6-16-28)44-40(46-41)29-17-7-4-8-18-29/h3-27H,1-2H3. The van der Waals surface area contributed by atoms with Crippen molar-refractivity contribution < 1.29 is 0 Å². The molecule has 46 heavy (non-hydrogen) atoms. The topological polar surface area (TPSA) is 38.7 Å². The van der Waals surface area contributed by atoms with Gasteiger partial charge in [-0.1, -0.05) is 159 Å². The average Bonchev–Trinajstić information content (AvgIpc) is 3.42. The molecule has 2 aliphatic rings. The second-order valence-electron chi connectivity index (χ2n) is 12.8. The Morgan fingerprint density at radius 3 is 1.30 bits per heavy atom. The average molecular weight is 590 g/mol. The SMILES string of the molecule is CC1(C)c2ccccc2C2(c3ccccc3-c3ccccc32)c2cc(-c3nc(-c4ccccc4)nc(-c4ccccc4)n3)ccc21. The quantitative estimate of drug-likeness (QED) is 0.206. The van der Waals surface area contributed by atoms with E-state index in [1.807, 2.05) is 36.4 Å². The van der Waals surface area contributed by atoms with Crippen molar-refractivity contribution in [3.63, 3.8) is 0 Å². The molecule has 0 amide bonds. The fourth-order valence-electron chi connectivity index (χ4n) is 7.94. The van der Waals surface area contributed by atoms with Crippen LogP contribution in [0.2, 0.25) is 0 Å². The van der Waals surface area contributed by atoms with Crippen molar-refractivity contribution in [2.75, 3.05) is 0 Å². The molecule has 0 saturated carbocycles. The number of fused-ring (bicyclic) bond motifs is 9. The van der Waals surface area contributed by atoms with E-state index in [1.165, 1.54) is 44.5 Å². The second-order valence-corrected chi connectivity index (χ2v) is 12.8. The van der Waals surface area contributed by atoms with Gasteiger partial charge in [0.25, 0.3) is 0 Å². The van der Waals surface area contributed by atoms with Crippen LogP contribution in [0.1, 0.15) is 47.2 Å². The van der Waals surface area contributed by atoms with E-state index in [9.17, 15) is 0 Å². The van der Waals surface area contributed by atoms with Crippen molar-refractivity contribution in [2.45, 2.75) is 24.7 Å². The summed E-state index contributed by atoms with van der Waals surface area (Å²) in [6.45, 7) is 4.71. The lowest BCUT2D eigenvalue weighted by Gasteiger charge is -2.46. The highest BCUT2D eigenvalue weighted by atomic mass is 15.0. The van der Waals surface area contributed by atoms with E-state index >= 15 is 0 Å². The van der Waals surface area contributed by atoms with Gasteiger partial charge < -0.3 is 0 Å². The predicted octanol–water partition coefficient (Wildman–Crippen LogP) is 9.87. The first kappa shape index (κ1) is 26.7. The molecule has 218 valence electrons. The lowest BCUT2D eigenvalue weighted by Crippen LogP contribution is -2.40. The summed E-state index contributed by atoms with van der Waals surface area (Å²) in [5.74, 6) is 2.00. The molecule has 2 aliphatic carbocycles. The predicted molar refractivity (Wildman–Crippen MR) is 186 cm³/mol. The molecular weight excluding hydrogens is 558 g/mol. The Hall–Kier alpha value is -5.67. The first-order valence-corrected chi connectivity index (χ1v) is 15.9. The third kappa shape index (κ3) is 3.69. The molecule has 0 unspecified atom stereocenters. The van der Waals surface area contributed by atoms with Crippen LogP contribution in [-0.2, 0) is 10.8 Å². The zero-order chi connectivity index (χ0) is 30.9. The Morgan fingerprint density at radius 2 is 0.761 bits per heavy atom. The van der Waals surface area contributed by atoms with Gasteiger partial charge >= 0.3 is 0 Å². The number of aromatic nitrogens is 3. The van der Waals surface area contributed by atoms with Crippen LogP contribution in [-0.4, -0.2) is 15.0 Å². The third-order valence-electron chi connectivity index (χ3n) is 10.0. The highest BCUT2D eigenvalue weighted by Crippen LogP contribution is 2.62. The molecule has 9 rings (SSSR count). The molecule has 3 nitrogen and oxygen atoms in total. The van der Waals surface area contributed by atoms with Crippen LogP contribution in [0.15, 0.2) is 152 Å². The minimum absolute atomic E-state index is 0.203. The minimum Gasteiger partial charge on any atom is -0.208 e. The summed E-state index contributed by atoms with van der Waals surface area (Å²) in [5, 5.41) is 0. The van der Waals surface area contributed by atoms with Crippen molar-refractivity contribution >= 4 is 0 Å². The fraction of sp³-hybridized carbons (Fsp3) is 0.0930. The molecule has 0 fully saturated rings. The van der Waals surface area contributed by atoms with E-state index in [0.717, 1.165) is 16.7 Å². The Bertz CT molecular complexity index is 2180. The van der Waals surface area contributed by atoms with Gasteiger partial charge in [0.05, 0.1) is 5.41 Å². The third-order valence-corrected chi connectivity index (χ3v) is 10.0. The summed E-state index contributed by atoms with van der Waals surface area (Å²) < 4.78 is 0. The molecule has 7 aromatic rings. The lowest BCUT2D eigenvalue weighted by molar-refractivity contribution is 0.563. The van der Waals surface area contributed by atoms with E-state index in [2.05, 4.69) is 129 Å². The molecule has 1 aromatic heterocycles. The van der Waals surface area contributed by atoms with Crippen LogP contribution in [0.3, 0.4) is 0 Å². The van der Waals surface area contributed by atoms with Crippen LogP contribution in [0.25, 0.3) is 45.3 Å². The molecule has 6 aromatic carbocycles. The first-order valence-electron chi connectivity index (χ1n) is 15.9. The minimum atomic E-state index is -0.470. The molecule has 0 radical (unpaired) electrons. The van der Waals surface area contributed by atoms with Gasteiger partial charge in [-0.05, 0) is 50.6 Å². The van der Waals surface area contributed by atoms with Gasteiger partial charge in [-0.3, -0.25) is 0 Å². The van der Waals surface area contributed by atoms with E-state index in [-0.39, 0.29) is 5.41 Å². The van der Waals surface area contributed by atoms with Crippen molar-refractivity contribution in [2.24, 2.45) is 0 Å². The molecule has 0 N–H and O–H groups in total. The van der Waals surface area contributed by atoms with Gasteiger partial charge in [-0.15, -0.1) is 0 Å². The van der Waals surface area contributed by atoms with E-state index in [4.69, 9.17) is 15.0 Å². The number of hydrogen-bond donors (Lipinski definition) is 0. The van der Waals surface area contributed by atoms with E-state index < -0.39 is 5.41 Å². The summed E-state index contributed by atoms with van der Waals surface area (Å²) in [6, 6.07) is 54.2. The first-order chi connectivity index (χ1) is 22.6. The van der Waals surface area contributed by atoms with Crippen LogP contribution >= 0.6 is 0 Å². The van der Waals surface area contributed by atoms with Crippen LogP contribution in [0, 0.1) is 0 Å². The maximum absolute atomic E-state index is 5.11. The molecular formula is C43H31N3. The van der Waals surface area contributed by atoms with Crippen LogP contribution < -0.4 is 0 Å². The van der Waals surface area contributed by atoms with Crippen LogP contribution in [0.4, 0.5) is 0 Å². The van der Waals surface area contributed by atoms with Gasteiger partial charge in [0.2, 0.25) is 0 Å². The van der Waals surface area contributed by atoms with Crippen molar-refractivity contribution in [3.8, 4) is 45.3 Å². The Morgan fingerprint density at radius 1 is 0.348 bits per heavy atom. The molecule has 1 heterocycles. The summed E-state index contributed by atoms with van der Waals surface area (Å²) >= 11 is 0. The summed E-state index contributed by atoms with van der Waals surface area (Å²) in [7, 11) is 0. The number of nitrogens with zero attached hydrogens (tertiary/aromatic N) is 3. The van der Waals surface area contributed by atoms with Crippen molar-refractivity contribution in [1.82, 2.24) is 15.0 Å². The molecule has 1 spiro atoms. The van der Waals surface area contributed by atoms with Gasteiger partial charge in [0, 0.05) is 22.1 Å². The highest BCUT2D eigenvalue weighted by molar-refractivity contribution is 5.89. The smallest absolute Gasteiger partial charge is 0.164 e. The monoisotopic (exact) mass is 589 g/mol. The highest BCUT2D eigenvalue weighted by Gasteiger charge is 2.53. The molecule has 0 atom stereocenters. The van der Waals surface area contributed by atoms with E-state index in [0.29, 0.717) is 17.5 Å². The zero-order valence-corrected chi connectivity index (χ0v) is 25.8. The normalized spacial score (nSPS) is 14.7. The molecule has 0 aliphatic heterocycles. The van der Waals surface area contributed by atoms with Gasteiger partial charge in [0.1, 0.15) is 0 Å². The summed E-state index contributed by atoms with van der Waals surface area (Å²) in [5.41, 5.74) is 12.8. The summed E-state index contributed by atoms with van der Waals surface area (Å²) in [4.78, 5) is 15.2. The van der Waals surface area contributed by atoms with Gasteiger partial charge in [0.15, 0.2) is 17.5 Å². The molecule has 0 saturated heterocycles. The number of hydrogen-bond acceptors (Lipinski definition) is 3. The van der Waals surface area contributed by atoms with E-state index in [1.54, 1.807) is 0 Å². The number of benzene rings is 6.